The molecule has 0 bridgehead atoms. The fourth-order valence-corrected chi connectivity index (χ4v) is 2.25. The first-order valence-corrected chi connectivity index (χ1v) is 6.42. The number of pyridine rings is 1. The van der Waals surface area contributed by atoms with E-state index in [2.05, 4.69) is 16.4 Å². The van der Waals surface area contributed by atoms with Crippen molar-refractivity contribution in [1.82, 2.24) is 4.98 Å². The number of rotatable bonds is 3. The Morgan fingerprint density at radius 1 is 1.29 bits per heavy atom. The predicted octanol–water partition coefficient (Wildman–Crippen LogP) is 3.32. The average Bonchev–Trinajstić information content (AvgIpc) is 2.37. The minimum Gasteiger partial charge on any atom is -0.478 e. The highest BCUT2D eigenvalue weighted by Gasteiger charge is 2.17. The van der Waals surface area contributed by atoms with E-state index in [1.54, 1.807) is 26.0 Å². The van der Waals surface area contributed by atoms with Gasteiger partial charge in [-0.05, 0) is 44.0 Å². The monoisotopic (exact) mass is 281 g/mol. The molecule has 5 nitrogen and oxygen atoms in total. The van der Waals surface area contributed by atoms with Crippen LogP contribution in [0.2, 0.25) is 0 Å². The van der Waals surface area contributed by atoms with E-state index in [9.17, 15) is 15.2 Å². The van der Waals surface area contributed by atoms with Crippen molar-refractivity contribution in [2.45, 2.75) is 20.8 Å². The lowest BCUT2D eigenvalue weighted by atomic mass is 10.1. The standard InChI is InChI=1S/C16H15N3O2/c1-9-5-4-6-13(12(9)8-17)19-15-14(16(20)21)10(2)7-11(3)18-15/h4-7H,1-3H3,(H,18,19)(H,20,21). The molecule has 0 aliphatic carbocycles. The van der Waals surface area contributed by atoms with Gasteiger partial charge in [0.2, 0.25) is 0 Å². The van der Waals surface area contributed by atoms with Crippen molar-refractivity contribution in [3.8, 4) is 6.07 Å². The van der Waals surface area contributed by atoms with Gasteiger partial charge >= 0.3 is 5.97 Å². The molecule has 2 N–H and O–H groups in total. The third-order valence-electron chi connectivity index (χ3n) is 3.20. The lowest BCUT2D eigenvalue weighted by Gasteiger charge is -2.13. The van der Waals surface area contributed by atoms with Crippen molar-refractivity contribution in [3.63, 3.8) is 0 Å². The molecule has 0 aliphatic rings. The summed E-state index contributed by atoms with van der Waals surface area (Å²) in [6.45, 7) is 5.35. The van der Waals surface area contributed by atoms with Crippen LogP contribution in [0.15, 0.2) is 24.3 Å². The maximum atomic E-state index is 11.4. The lowest BCUT2D eigenvalue weighted by Crippen LogP contribution is -2.09. The van der Waals surface area contributed by atoms with Gasteiger partial charge in [0.15, 0.2) is 0 Å². The number of aromatic nitrogens is 1. The molecule has 5 heteroatoms. The zero-order chi connectivity index (χ0) is 15.6. The molecule has 0 saturated heterocycles. The fraction of sp³-hybridized carbons (Fsp3) is 0.188. The molecular formula is C16H15N3O2. The van der Waals surface area contributed by atoms with Crippen LogP contribution in [0, 0.1) is 32.1 Å². The van der Waals surface area contributed by atoms with E-state index in [1.165, 1.54) is 0 Å². The predicted molar refractivity (Wildman–Crippen MR) is 79.8 cm³/mol. The fourth-order valence-electron chi connectivity index (χ4n) is 2.25. The largest absolute Gasteiger partial charge is 0.478 e. The van der Waals surface area contributed by atoms with E-state index >= 15 is 0 Å². The molecular weight excluding hydrogens is 266 g/mol. The maximum absolute atomic E-state index is 11.4. The Morgan fingerprint density at radius 2 is 2.00 bits per heavy atom. The molecule has 2 rings (SSSR count). The maximum Gasteiger partial charge on any atom is 0.339 e. The number of benzene rings is 1. The third-order valence-corrected chi connectivity index (χ3v) is 3.20. The summed E-state index contributed by atoms with van der Waals surface area (Å²) in [6.07, 6.45) is 0. The Bertz CT molecular complexity index is 761. The van der Waals surface area contributed by atoms with Crippen LogP contribution in [0.5, 0.6) is 0 Å². The zero-order valence-electron chi connectivity index (χ0n) is 12.1. The molecule has 2 aromatic rings. The molecule has 0 atom stereocenters. The highest BCUT2D eigenvalue weighted by molar-refractivity contribution is 5.96. The quantitative estimate of drug-likeness (QED) is 0.901. The van der Waals surface area contributed by atoms with Crippen molar-refractivity contribution < 1.29 is 9.90 Å². The number of nitrogens with zero attached hydrogens (tertiary/aromatic N) is 2. The van der Waals surface area contributed by atoms with Gasteiger partial charge in [0.25, 0.3) is 0 Å². The lowest BCUT2D eigenvalue weighted by molar-refractivity contribution is 0.0697. The zero-order valence-corrected chi connectivity index (χ0v) is 12.1. The Balaban J connectivity index is 2.58. The summed E-state index contributed by atoms with van der Waals surface area (Å²) >= 11 is 0. The van der Waals surface area contributed by atoms with Crippen molar-refractivity contribution in [2.75, 3.05) is 5.32 Å². The topological polar surface area (TPSA) is 86.0 Å². The third kappa shape index (κ3) is 2.84. The van der Waals surface area contributed by atoms with Gasteiger partial charge < -0.3 is 10.4 Å². The van der Waals surface area contributed by atoms with Gasteiger partial charge in [0.1, 0.15) is 17.5 Å². The van der Waals surface area contributed by atoms with Crippen LogP contribution in [0.3, 0.4) is 0 Å². The number of aryl methyl sites for hydroxylation is 3. The van der Waals surface area contributed by atoms with Gasteiger partial charge in [0, 0.05) is 5.69 Å². The van der Waals surface area contributed by atoms with Crippen molar-refractivity contribution in [3.05, 3.63) is 52.2 Å². The summed E-state index contributed by atoms with van der Waals surface area (Å²) in [6, 6.07) is 9.21. The smallest absolute Gasteiger partial charge is 0.339 e. The number of carboxylic acid groups (broad SMARTS) is 1. The number of hydrogen-bond acceptors (Lipinski definition) is 4. The van der Waals surface area contributed by atoms with Gasteiger partial charge in [0.05, 0.1) is 11.3 Å². The molecule has 21 heavy (non-hydrogen) atoms. The summed E-state index contributed by atoms with van der Waals surface area (Å²) in [7, 11) is 0. The van der Waals surface area contributed by atoms with Crippen molar-refractivity contribution in [2.24, 2.45) is 0 Å². The number of carbonyl (C=O) groups is 1. The minimum absolute atomic E-state index is 0.117. The number of carboxylic acids is 1. The van der Waals surface area contributed by atoms with E-state index in [1.807, 2.05) is 19.1 Å². The summed E-state index contributed by atoms with van der Waals surface area (Å²) in [5.74, 6) is -0.796. The van der Waals surface area contributed by atoms with Crippen LogP contribution in [0.1, 0.15) is 32.7 Å². The Kier molecular flexibility index (Phi) is 3.90. The van der Waals surface area contributed by atoms with Crippen LogP contribution in [-0.2, 0) is 0 Å². The SMILES string of the molecule is Cc1cc(C)c(C(=O)O)c(Nc2cccc(C)c2C#N)n1. The van der Waals surface area contributed by atoms with Gasteiger partial charge in [-0.1, -0.05) is 12.1 Å². The highest BCUT2D eigenvalue weighted by Crippen LogP contribution is 2.26. The van der Waals surface area contributed by atoms with E-state index in [0.29, 0.717) is 22.5 Å². The van der Waals surface area contributed by atoms with E-state index < -0.39 is 5.97 Å². The van der Waals surface area contributed by atoms with Crippen LogP contribution >= 0.6 is 0 Å². The number of nitriles is 1. The first-order chi connectivity index (χ1) is 9.93. The van der Waals surface area contributed by atoms with Gasteiger partial charge in [-0.25, -0.2) is 9.78 Å². The summed E-state index contributed by atoms with van der Waals surface area (Å²) in [4.78, 5) is 15.7. The molecule has 1 aromatic heterocycles. The second-order valence-electron chi connectivity index (χ2n) is 4.84. The van der Waals surface area contributed by atoms with Crippen molar-refractivity contribution in [1.29, 1.82) is 5.26 Å². The molecule has 1 aromatic carbocycles. The van der Waals surface area contributed by atoms with E-state index in [-0.39, 0.29) is 11.4 Å². The molecule has 0 unspecified atom stereocenters. The number of hydrogen-bond donors (Lipinski definition) is 2. The van der Waals surface area contributed by atoms with Crippen LogP contribution in [-0.4, -0.2) is 16.1 Å². The number of nitrogens with one attached hydrogen (secondary N) is 1. The van der Waals surface area contributed by atoms with Crippen LogP contribution in [0.4, 0.5) is 11.5 Å². The van der Waals surface area contributed by atoms with E-state index in [0.717, 1.165) is 5.56 Å². The number of aromatic carboxylic acids is 1. The highest BCUT2D eigenvalue weighted by atomic mass is 16.4. The molecule has 0 radical (unpaired) electrons. The minimum atomic E-state index is -1.05. The summed E-state index contributed by atoms with van der Waals surface area (Å²) in [5.41, 5.74) is 3.32. The van der Waals surface area contributed by atoms with Gasteiger partial charge in [-0.3, -0.25) is 0 Å². The second kappa shape index (κ2) is 5.63. The summed E-state index contributed by atoms with van der Waals surface area (Å²) in [5, 5.41) is 21.6. The number of anilines is 2. The van der Waals surface area contributed by atoms with Gasteiger partial charge in [-0.2, -0.15) is 5.26 Å². The molecule has 106 valence electrons. The molecule has 0 aliphatic heterocycles. The first-order valence-electron chi connectivity index (χ1n) is 6.42. The summed E-state index contributed by atoms with van der Waals surface area (Å²) < 4.78 is 0. The van der Waals surface area contributed by atoms with Gasteiger partial charge in [-0.15, -0.1) is 0 Å². The normalized spacial score (nSPS) is 10.0. The molecule has 0 fully saturated rings. The molecule has 0 saturated carbocycles. The van der Waals surface area contributed by atoms with Crippen molar-refractivity contribution >= 4 is 17.5 Å². The Labute approximate surface area is 122 Å². The van der Waals surface area contributed by atoms with Crippen LogP contribution < -0.4 is 5.32 Å². The van der Waals surface area contributed by atoms with Crippen LogP contribution in [0.25, 0.3) is 0 Å². The second-order valence-corrected chi connectivity index (χ2v) is 4.84. The molecule has 1 heterocycles. The first kappa shape index (κ1) is 14.5. The Morgan fingerprint density at radius 3 is 2.62 bits per heavy atom. The Hall–Kier alpha value is -2.87. The average molecular weight is 281 g/mol. The molecule has 0 spiro atoms. The molecule has 0 amide bonds. The van der Waals surface area contributed by atoms with E-state index in [4.69, 9.17) is 0 Å².